The zero-order valence-electron chi connectivity index (χ0n) is 14.7. The highest BCUT2D eigenvalue weighted by Crippen LogP contribution is 2.34. The van der Waals surface area contributed by atoms with Crippen LogP contribution in [0.15, 0.2) is 60.9 Å². The molecule has 1 fully saturated rings. The van der Waals surface area contributed by atoms with E-state index in [0.29, 0.717) is 5.69 Å². The average molecular weight is 376 g/mol. The van der Waals surface area contributed by atoms with Gasteiger partial charge in [-0.3, -0.25) is 19.9 Å². The van der Waals surface area contributed by atoms with Crippen LogP contribution in [0.25, 0.3) is 11.3 Å². The van der Waals surface area contributed by atoms with Crippen LogP contribution in [0.5, 0.6) is 5.75 Å². The molecule has 1 heterocycles. The standard InChI is InChI=1S/C20H16N4O4/c25-20(14-6-9-18(28-15-7-8-15)17(10-14)24(26)27)23-19-12-21-16(11-22-19)13-4-2-1-3-5-13/h1-6,9-12,15H,7-8H2,(H,22,23,25). The first kappa shape index (κ1) is 17.6. The van der Waals surface area contributed by atoms with Crippen LogP contribution in [0.4, 0.5) is 11.5 Å². The Morgan fingerprint density at radius 1 is 1.11 bits per heavy atom. The fraction of sp³-hybridized carbons (Fsp3) is 0.150. The Morgan fingerprint density at radius 3 is 2.54 bits per heavy atom. The number of nitro groups is 1. The number of anilines is 1. The van der Waals surface area contributed by atoms with Gasteiger partial charge in [-0.2, -0.15) is 0 Å². The summed E-state index contributed by atoms with van der Waals surface area (Å²) in [6, 6.07) is 13.7. The van der Waals surface area contributed by atoms with E-state index < -0.39 is 10.8 Å². The van der Waals surface area contributed by atoms with E-state index >= 15 is 0 Å². The average Bonchev–Trinajstić information content (AvgIpc) is 3.53. The molecule has 1 aromatic heterocycles. The Kier molecular flexibility index (Phi) is 4.67. The molecule has 1 saturated carbocycles. The van der Waals surface area contributed by atoms with E-state index in [1.54, 1.807) is 6.20 Å². The third-order valence-corrected chi connectivity index (χ3v) is 4.20. The van der Waals surface area contributed by atoms with Crippen molar-refractivity contribution in [2.75, 3.05) is 5.32 Å². The Bertz CT molecular complexity index is 1020. The number of amides is 1. The van der Waals surface area contributed by atoms with Gasteiger partial charge >= 0.3 is 5.69 Å². The smallest absolute Gasteiger partial charge is 0.311 e. The van der Waals surface area contributed by atoms with Crippen molar-refractivity contribution in [3.8, 4) is 17.0 Å². The Hall–Kier alpha value is -3.81. The summed E-state index contributed by atoms with van der Waals surface area (Å²) in [4.78, 5) is 31.7. The Balaban J connectivity index is 1.50. The minimum atomic E-state index is -0.553. The second-order valence-electron chi connectivity index (χ2n) is 6.36. The van der Waals surface area contributed by atoms with Gasteiger partial charge in [-0.05, 0) is 25.0 Å². The lowest BCUT2D eigenvalue weighted by Gasteiger charge is -2.08. The molecule has 0 spiro atoms. The van der Waals surface area contributed by atoms with Gasteiger partial charge < -0.3 is 10.1 Å². The van der Waals surface area contributed by atoms with Gasteiger partial charge in [0.2, 0.25) is 0 Å². The lowest BCUT2D eigenvalue weighted by Crippen LogP contribution is -2.14. The summed E-state index contributed by atoms with van der Waals surface area (Å²) in [6.45, 7) is 0. The lowest BCUT2D eigenvalue weighted by molar-refractivity contribution is -0.386. The summed E-state index contributed by atoms with van der Waals surface area (Å²) in [7, 11) is 0. The molecule has 1 aliphatic rings. The van der Waals surface area contributed by atoms with Gasteiger partial charge in [-0.25, -0.2) is 4.98 Å². The number of nitrogens with one attached hydrogen (secondary N) is 1. The summed E-state index contributed by atoms with van der Waals surface area (Å²) in [5, 5.41) is 13.9. The first-order chi connectivity index (χ1) is 13.6. The first-order valence-corrected chi connectivity index (χ1v) is 8.74. The van der Waals surface area contributed by atoms with Crippen LogP contribution >= 0.6 is 0 Å². The van der Waals surface area contributed by atoms with Crippen LogP contribution in [0.1, 0.15) is 23.2 Å². The second kappa shape index (κ2) is 7.43. The van der Waals surface area contributed by atoms with Gasteiger partial charge in [0, 0.05) is 17.2 Å². The van der Waals surface area contributed by atoms with Gasteiger partial charge in [-0.15, -0.1) is 0 Å². The van der Waals surface area contributed by atoms with E-state index in [2.05, 4.69) is 15.3 Å². The molecule has 1 aliphatic carbocycles. The van der Waals surface area contributed by atoms with Crippen molar-refractivity contribution in [3.05, 3.63) is 76.6 Å². The fourth-order valence-electron chi connectivity index (χ4n) is 2.61. The Morgan fingerprint density at radius 2 is 1.89 bits per heavy atom. The molecule has 0 unspecified atom stereocenters. The molecular formula is C20H16N4O4. The van der Waals surface area contributed by atoms with Gasteiger partial charge in [-0.1, -0.05) is 30.3 Å². The molecule has 1 N–H and O–H groups in total. The number of benzene rings is 2. The molecular weight excluding hydrogens is 360 g/mol. The largest absolute Gasteiger partial charge is 0.483 e. The van der Waals surface area contributed by atoms with E-state index in [4.69, 9.17) is 4.74 Å². The van der Waals surface area contributed by atoms with Crippen molar-refractivity contribution in [3.63, 3.8) is 0 Å². The molecule has 0 aliphatic heterocycles. The van der Waals surface area contributed by atoms with Crippen molar-refractivity contribution in [1.29, 1.82) is 0 Å². The van der Waals surface area contributed by atoms with Crippen LogP contribution in [-0.2, 0) is 0 Å². The number of nitro benzene ring substituents is 1. The fourth-order valence-corrected chi connectivity index (χ4v) is 2.61. The molecule has 0 atom stereocenters. The topological polar surface area (TPSA) is 107 Å². The van der Waals surface area contributed by atoms with E-state index in [9.17, 15) is 14.9 Å². The molecule has 3 aromatic rings. The lowest BCUT2D eigenvalue weighted by atomic mass is 10.1. The highest BCUT2D eigenvalue weighted by Gasteiger charge is 2.28. The molecule has 1 amide bonds. The molecule has 8 heteroatoms. The zero-order valence-corrected chi connectivity index (χ0v) is 14.7. The molecule has 28 heavy (non-hydrogen) atoms. The number of hydrogen-bond donors (Lipinski definition) is 1. The number of ether oxygens (including phenoxy) is 1. The van der Waals surface area contributed by atoms with E-state index in [1.165, 1.54) is 24.4 Å². The quantitative estimate of drug-likeness (QED) is 0.517. The van der Waals surface area contributed by atoms with Crippen molar-refractivity contribution in [2.24, 2.45) is 0 Å². The van der Waals surface area contributed by atoms with Crippen molar-refractivity contribution in [1.82, 2.24) is 9.97 Å². The predicted molar refractivity (Wildman–Crippen MR) is 102 cm³/mol. The van der Waals surface area contributed by atoms with Gasteiger partial charge in [0.25, 0.3) is 5.91 Å². The summed E-state index contributed by atoms with van der Waals surface area (Å²) < 4.78 is 5.53. The van der Waals surface area contributed by atoms with E-state index in [0.717, 1.165) is 18.4 Å². The highest BCUT2D eigenvalue weighted by molar-refractivity contribution is 6.04. The summed E-state index contributed by atoms with van der Waals surface area (Å²) in [6.07, 6.45) is 4.80. The molecule has 140 valence electrons. The van der Waals surface area contributed by atoms with Gasteiger partial charge in [0.15, 0.2) is 11.6 Å². The predicted octanol–water partition coefficient (Wildman–Crippen LogP) is 3.85. The van der Waals surface area contributed by atoms with E-state index in [-0.39, 0.29) is 28.9 Å². The maximum atomic E-state index is 12.4. The number of carbonyl (C=O) groups excluding carboxylic acids is 1. The van der Waals surface area contributed by atoms with Crippen molar-refractivity contribution in [2.45, 2.75) is 18.9 Å². The number of rotatable bonds is 6. The third kappa shape index (κ3) is 3.96. The number of aromatic nitrogens is 2. The molecule has 0 saturated heterocycles. The van der Waals surface area contributed by atoms with Gasteiger partial charge in [0.1, 0.15) is 0 Å². The maximum Gasteiger partial charge on any atom is 0.311 e. The van der Waals surface area contributed by atoms with Crippen molar-refractivity contribution < 1.29 is 14.5 Å². The summed E-state index contributed by atoms with van der Waals surface area (Å²) in [5.74, 6) is -0.0791. The van der Waals surface area contributed by atoms with Crippen LogP contribution in [0.3, 0.4) is 0 Å². The Labute approximate surface area is 160 Å². The number of carbonyl (C=O) groups is 1. The number of hydrogen-bond acceptors (Lipinski definition) is 6. The van der Waals surface area contributed by atoms with Crippen LogP contribution < -0.4 is 10.1 Å². The molecule has 2 aromatic carbocycles. The zero-order chi connectivity index (χ0) is 19.5. The SMILES string of the molecule is O=C(Nc1cnc(-c2ccccc2)cn1)c1ccc(OC2CC2)c([N+](=O)[O-])c1. The van der Waals surface area contributed by atoms with Crippen LogP contribution in [-0.4, -0.2) is 26.9 Å². The minimum absolute atomic E-state index is 0.0248. The highest BCUT2D eigenvalue weighted by atomic mass is 16.6. The van der Waals surface area contributed by atoms with E-state index in [1.807, 2.05) is 30.3 Å². The third-order valence-electron chi connectivity index (χ3n) is 4.20. The minimum Gasteiger partial charge on any atom is -0.483 e. The maximum absolute atomic E-state index is 12.4. The van der Waals surface area contributed by atoms with Crippen LogP contribution in [0.2, 0.25) is 0 Å². The molecule has 0 radical (unpaired) electrons. The van der Waals surface area contributed by atoms with Crippen LogP contribution in [0, 0.1) is 10.1 Å². The second-order valence-corrected chi connectivity index (χ2v) is 6.36. The summed E-state index contributed by atoms with van der Waals surface area (Å²) in [5.41, 5.74) is 1.50. The summed E-state index contributed by atoms with van der Waals surface area (Å²) >= 11 is 0. The van der Waals surface area contributed by atoms with Gasteiger partial charge in [0.05, 0.1) is 29.1 Å². The normalized spacial score (nSPS) is 13.0. The molecule has 0 bridgehead atoms. The molecule has 8 nitrogen and oxygen atoms in total. The first-order valence-electron chi connectivity index (χ1n) is 8.74. The molecule has 4 rings (SSSR count). The number of nitrogens with zero attached hydrogens (tertiary/aromatic N) is 3. The van der Waals surface area contributed by atoms with Crippen molar-refractivity contribution >= 4 is 17.4 Å². The monoisotopic (exact) mass is 376 g/mol.